The zero-order valence-electron chi connectivity index (χ0n) is 14.0. The largest absolute Gasteiger partial charge is 0.372 e. The number of pyridine rings is 1. The predicted molar refractivity (Wildman–Crippen MR) is 84.4 cm³/mol. The monoisotopic (exact) mass is 364 g/mol. The minimum absolute atomic E-state index is 1.20. The van der Waals surface area contributed by atoms with Crippen molar-refractivity contribution in [1.29, 1.82) is 0 Å². The molecule has 1 saturated heterocycles. The molecular formula is C18H21ClN2O4. The quantitative estimate of drug-likeness (QED) is 0.619. The highest BCUT2D eigenvalue weighted by atomic mass is 35.7. The molecule has 7 heteroatoms. The van der Waals surface area contributed by atoms with E-state index in [1.54, 1.807) is 0 Å². The highest BCUT2D eigenvalue weighted by molar-refractivity contribution is 5.68. The maximum Gasteiger partial charge on any atom is 0.204 e. The summed E-state index contributed by atoms with van der Waals surface area (Å²) >= 11 is 0. The average Bonchev–Trinajstić information content (AvgIpc) is 3.07. The van der Waals surface area contributed by atoms with Crippen molar-refractivity contribution in [3.63, 3.8) is 0 Å². The second kappa shape index (κ2) is 8.94. The minimum Gasteiger partial charge on any atom is -0.372 e. The number of hydrogen-bond acceptors (Lipinski definition) is 5. The predicted octanol–water partition coefficient (Wildman–Crippen LogP) is -1.47. The molecule has 1 aromatic heterocycles. The lowest BCUT2D eigenvalue weighted by Crippen LogP contribution is -2.68. The zero-order chi connectivity index (χ0) is 18.3. The Bertz CT molecular complexity index is 687. The van der Waals surface area contributed by atoms with Crippen molar-refractivity contribution in [3.05, 3.63) is 59.9 Å². The van der Waals surface area contributed by atoms with Gasteiger partial charge in [-0.15, -0.1) is 10.2 Å². The van der Waals surface area contributed by atoms with Crippen LogP contribution >= 0.6 is 0 Å². The van der Waals surface area contributed by atoms with Crippen molar-refractivity contribution in [2.24, 2.45) is 7.05 Å². The summed E-state index contributed by atoms with van der Waals surface area (Å²) in [5.41, 5.74) is 3.80. The summed E-state index contributed by atoms with van der Waals surface area (Å²) < 4.78 is 36.1. The van der Waals surface area contributed by atoms with Gasteiger partial charge >= 0.3 is 0 Å². The third kappa shape index (κ3) is 7.21. The van der Waals surface area contributed by atoms with Gasteiger partial charge in [-0.25, -0.2) is 23.2 Å². The lowest BCUT2D eigenvalue weighted by Gasteiger charge is -2.17. The molecule has 25 heavy (non-hydrogen) atoms. The summed E-state index contributed by atoms with van der Waals surface area (Å²) in [5, 5.41) is 0. The molecule has 0 radical (unpaired) electrons. The van der Waals surface area contributed by atoms with Crippen LogP contribution in [0.5, 0.6) is 0 Å². The molecular weight excluding hydrogens is 344 g/mol. The number of nitrogens with zero attached hydrogens (tertiary/aromatic N) is 2. The Morgan fingerprint density at radius 1 is 0.920 bits per heavy atom. The Hall–Kier alpha value is -1.96. The number of benzene rings is 1. The third-order valence-corrected chi connectivity index (χ3v) is 3.91. The van der Waals surface area contributed by atoms with Gasteiger partial charge in [-0.2, -0.15) is 0 Å². The van der Waals surface area contributed by atoms with E-state index in [0.29, 0.717) is 0 Å². The standard InChI is InChI=1S/C18H21N2.ClHO4/c1-19-13-3-2-6-17(19)10-7-16-8-11-18(12-9-16)20-14-4-5-15-20;2-1(3,4)5/h2-3,6-13H,4-5,14-15H2,1H3;(H,2,3,4,5)/q+1;/p-1. The maximum absolute atomic E-state index is 8.49. The summed E-state index contributed by atoms with van der Waals surface area (Å²) in [6, 6.07) is 15.1. The normalized spacial score (nSPS) is 14.5. The molecule has 1 aliphatic heterocycles. The van der Waals surface area contributed by atoms with Gasteiger partial charge in [0.25, 0.3) is 0 Å². The van der Waals surface area contributed by atoms with Crippen molar-refractivity contribution in [2.45, 2.75) is 12.8 Å². The van der Waals surface area contributed by atoms with Crippen LogP contribution in [-0.2, 0) is 7.05 Å². The minimum atomic E-state index is -4.94. The lowest BCUT2D eigenvalue weighted by atomic mass is 10.1. The van der Waals surface area contributed by atoms with Gasteiger partial charge in [0.15, 0.2) is 6.20 Å². The Balaban J connectivity index is 0.000000399. The van der Waals surface area contributed by atoms with Crippen LogP contribution in [0.15, 0.2) is 48.7 Å². The van der Waals surface area contributed by atoms with Gasteiger partial charge in [0.1, 0.15) is 7.05 Å². The van der Waals surface area contributed by atoms with Gasteiger partial charge in [0, 0.05) is 37.0 Å². The molecule has 1 aliphatic rings. The van der Waals surface area contributed by atoms with E-state index in [1.165, 1.54) is 42.9 Å². The van der Waals surface area contributed by atoms with Crippen molar-refractivity contribution < 1.29 is 33.4 Å². The number of rotatable bonds is 3. The molecule has 3 rings (SSSR count). The van der Waals surface area contributed by atoms with E-state index in [4.69, 9.17) is 18.6 Å². The molecule has 6 nitrogen and oxygen atoms in total. The first-order chi connectivity index (χ1) is 11.8. The summed E-state index contributed by atoms with van der Waals surface area (Å²) in [6.07, 6.45) is 9.04. The van der Waals surface area contributed by atoms with Gasteiger partial charge < -0.3 is 4.90 Å². The van der Waals surface area contributed by atoms with E-state index in [1.807, 2.05) is 6.07 Å². The maximum atomic E-state index is 8.49. The van der Waals surface area contributed by atoms with Gasteiger partial charge in [0.05, 0.1) is 0 Å². The average molecular weight is 365 g/mol. The van der Waals surface area contributed by atoms with E-state index < -0.39 is 10.2 Å². The molecule has 2 heterocycles. The van der Waals surface area contributed by atoms with Crippen LogP contribution < -0.4 is 28.1 Å². The molecule has 0 unspecified atom stereocenters. The van der Waals surface area contributed by atoms with E-state index in [2.05, 4.69) is 71.3 Å². The number of aryl methyl sites for hydroxylation is 1. The Morgan fingerprint density at radius 2 is 1.52 bits per heavy atom. The van der Waals surface area contributed by atoms with E-state index in [-0.39, 0.29) is 0 Å². The molecule has 1 fully saturated rings. The molecule has 0 aliphatic carbocycles. The summed E-state index contributed by atoms with van der Waals surface area (Å²) in [4.78, 5) is 2.46. The van der Waals surface area contributed by atoms with Gasteiger partial charge in [-0.05, 0) is 42.7 Å². The van der Waals surface area contributed by atoms with Crippen molar-refractivity contribution in [3.8, 4) is 0 Å². The molecule has 134 valence electrons. The Labute approximate surface area is 149 Å². The van der Waals surface area contributed by atoms with Crippen molar-refractivity contribution in [1.82, 2.24) is 0 Å². The van der Waals surface area contributed by atoms with Crippen molar-refractivity contribution in [2.75, 3.05) is 18.0 Å². The number of anilines is 1. The third-order valence-electron chi connectivity index (χ3n) is 3.91. The van der Waals surface area contributed by atoms with Crippen LogP contribution in [0, 0.1) is 10.2 Å². The fourth-order valence-electron chi connectivity index (χ4n) is 2.66. The van der Waals surface area contributed by atoms with Crippen LogP contribution in [-0.4, -0.2) is 13.1 Å². The Kier molecular flexibility index (Phi) is 6.92. The second-order valence-electron chi connectivity index (χ2n) is 5.73. The van der Waals surface area contributed by atoms with Crippen LogP contribution in [0.3, 0.4) is 0 Å². The molecule has 0 atom stereocenters. The van der Waals surface area contributed by atoms with Crippen molar-refractivity contribution >= 4 is 17.8 Å². The van der Waals surface area contributed by atoms with E-state index in [0.717, 1.165) is 0 Å². The van der Waals surface area contributed by atoms with E-state index in [9.17, 15) is 0 Å². The van der Waals surface area contributed by atoms with Crippen LogP contribution in [0.4, 0.5) is 5.69 Å². The summed E-state index contributed by atoms with van der Waals surface area (Å²) in [6.45, 7) is 2.41. The Morgan fingerprint density at radius 3 is 2.08 bits per heavy atom. The molecule has 0 N–H and O–H groups in total. The molecule has 0 spiro atoms. The van der Waals surface area contributed by atoms with Crippen LogP contribution in [0.2, 0.25) is 0 Å². The molecule has 1 aromatic carbocycles. The van der Waals surface area contributed by atoms with Gasteiger partial charge in [-0.1, -0.05) is 12.1 Å². The van der Waals surface area contributed by atoms with Gasteiger partial charge in [-0.3, -0.25) is 0 Å². The fourth-order valence-corrected chi connectivity index (χ4v) is 2.66. The number of aromatic nitrogens is 1. The molecule has 0 amide bonds. The smallest absolute Gasteiger partial charge is 0.204 e. The van der Waals surface area contributed by atoms with Gasteiger partial charge in [0.2, 0.25) is 5.69 Å². The van der Waals surface area contributed by atoms with Crippen LogP contribution in [0.25, 0.3) is 12.2 Å². The highest BCUT2D eigenvalue weighted by Crippen LogP contribution is 2.20. The van der Waals surface area contributed by atoms with E-state index >= 15 is 0 Å². The lowest BCUT2D eigenvalue weighted by molar-refractivity contribution is -2.00. The first-order valence-electron chi connectivity index (χ1n) is 7.92. The number of hydrogen-bond donors (Lipinski definition) is 0. The number of halogens is 1. The molecule has 0 bridgehead atoms. The summed E-state index contributed by atoms with van der Waals surface area (Å²) in [5.74, 6) is 0. The first kappa shape index (κ1) is 19.4. The molecule has 0 saturated carbocycles. The zero-order valence-corrected chi connectivity index (χ0v) is 14.8. The molecule has 2 aromatic rings. The fraction of sp³-hybridized carbons (Fsp3) is 0.278. The van der Waals surface area contributed by atoms with Crippen LogP contribution in [0.1, 0.15) is 24.1 Å². The summed E-state index contributed by atoms with van der Waals surface area (Å²) in [7, 11) is -2.88. The first-order valence-corrected chi connectivity index (χ1v) is 9.16. The topological polar surface area (TPSA) is 99.4 Å². The highest BCUT2D eigenvalue weighted by Gasteiger charge is 2.11. The SMILES string of the molecule is C[n+]1ccccc1/C=C/c1ccc(N2CCCC2)cc1.[O-][Cl+3]([O-])([O-])[O-]. The second-order valence-corrected chi connectivity index (χ2v) is 6.49.